The van der Waals surface area contributed by atoms with Gasteiger partial charge in [-0.05, 0) is 49.7 Å². The van der Waals surface area contributed by atoms with Gasteiger partial charge in [0, 0.05) is 48.7 Å². The van der Waals surface area contributed by atoms with Crippen molar-refractivity contribution < 1.29 is 9.53 Å². The van der Waals surface area contributed by atoms with E-state index >= 15 is 0 Å². The summed E-state index contributed by atoms with van der Waals surface area (Å²) >= 11 is 0. The molecule has 2 aromatic carbocycles. The molecule has 9 nitrogen and oxygen atoms in total. The molecule has 36 heavy (non-hydrogen) atoms. The first kappa shape index (κ1) is 23.7. The number of rotatable bonds is 8. The van der Waals surface area contributed by atoms with Crippen LogP contribution < -0.4 is 26.2 Å². The molecule has 2 aromatic heterocycles. The average Bonchev–Trinajstić information content (AvgIpc) is 3.43. The number of hydrogen-bond donors (Lipinski definition) is 4. The number of anilines is 2. The molecule has 9 heteroatoms. The van der Waals surface area contributed by atoms with Gasteiger partial charge in [0.05, 0.1) is 10.9 Å². The van der Waals surface area contributed by atoms with Crippen molar-refractivity contribution in [3.05, 3.63) is 72.6 Å². The van der Waals surface area contributed by atoms with Gasteiger partial charge in [0.1, 0.15) is 11.6 Å². The minimum atomic E-state index is -0.164. The molecular formula is C27H29N7O2. The van der Waals surface area contributed by atoms with Gasteiger partial charge in [-0.3, -0.25) is 20.6 Å². The number of hydrogen-bond acceptors (Lipinski definition) is 8. The number of ether oxygens (including phenoxy) is 1. The summed E-state index contributed by atoms with van der Waals surface area (Å²) in [6, 6.07) is 17.8. The van der Waals surface area contributed by atoms with Crippen molar-refractivity contribution >= 4 is 28.3 Å². The second kappa shape index (κ2) is 10.7. The van der Waals surface area contributed by atoms with Crippen molar-refractivity contribution in [2.24, 2.45) is 0 Å². The Labute approximate surface area is 209 Å². The first-order valence-corrected chi connectivity index (χ1v) is 12.0. The monoisotopic (exact) mass is 483 g/mol. The molecule has 5 rings (SSSR count). The van der Waals surface area contributed by atoms with Crippen molar-refractivity contribution in [1.82, 2.24) is 31.1 Å². The highest BCUT2D eigenvalue weighted by Crippen LogP contribution is 2.29. The Bertz CT molecular complexity index is 1350. The molecule has 4 aromatic rings. The van der Waals surface area contributed by atoms with Crippen LogP contribution in [0.1, 0.15) is 25.3 Å². The predicted molar refractivity (Wildman–Crippen MR) is 140 cm³/mol. The van der Waals surface area contributed by atoms with Crippen LogP contribution in [0.4, 0.5) is 11.5 Å². The Hall–Kier alpha value is -4.08. The quantitative estimate of drug-likeness (QED) is 0.301. The van der Waals surface area contributed by atoms with E-state index in [0.717, 1.165) is 35.2 Å². The maximum Gasteiger partial charge on any atom is 0.258 e. The topological polar surface area (TPSA) is 113 Å². The molecule has 1 aliphatic rings. The highest BCUT2D eigenvalue weighted by molar-refractivity contribution is 5.91. The van der Waals surface area contributed by atoms with Crippen molar-refractivity contribution in [2.45, 2.75) is 25.8 Å². The Morgan fingerprint density at radius 3 is 2.67 bits per heavy atom. The zero-order valence-corrected chi connectivity index (χ0v) is 20.3. The first-order valence-electron chi connectivity index (χ1n) is 12.0. The highest BCUT2D eigenvalue weighted by Gasteiger charge is 2.16. The third-order valence-electron chi connectivity index (χ3n) is 5.88. The van der Waals surface area contributed by atoms with E-state index in [0.29, 0.717) is 23.3 Å². The molecule has 1 fully saturated rings. The van der Waals surface area contributed by atoms with Gasteiger partial charge < -0.3 is 15.4 Å². The third kappa shape index (κ3) is 5.59. The maximum absolute atomic E-state index is 12.0. The zero-order valence-electron chi connectivity index (χ0n) is 20.3. The fourth-order valence-corrected chi connectivity index (χ4v) is 4.11. The summed E-state index contributed by atoms with van der Waals surface area (Å²) in [5.74, 6) is 2.09. The number of nitrogens with zero attached hydrogens (tertiary/aromatic N) is 3. The Morgan fingerprint density at radius 2 is 1.89 bits per heavy atom. The summed E-state index contributed by atoms with van der Waals surface area (Å²) in [6.45, 7) is 5.61. The number of aromatic nitrogens is 3. The molecule has 0 radical (unpaired) electrons. The summed E-state index contributed by atoms with van der Waals surface area (Å²) < 4.78 is 5.70. The SMILES string of the molecule is CC(C)NC(=O)COc1cccc(-c2nc(Nc3ccc(C4CNNC4)cc3)c3cnccc3n2)c1. The van der Waals surface area contributed by atoms with E-state index in [1.165, 1.54) is 5.56 Å². The molecule has 0 bridgehead atoms. The predicted octanol–water partition coefficient (Wildman–Crippen LogP) is 3.53. The van der Waals surface area contributed by atoms with Crippen LogP contribution in [0.2, 0.25) is 0 Å². The number of hydrazine groups is 1. The fourth-order valence-electron chi connectivity index (χ4n) is 4.11. The van der Waals surface area contributed by atoms with Crippen molar-refractivity contribution in [2.75, 3.05) is 25.0 Å². The average molecular weight is 484 g/mol. The third-order valence-corrected chi connectivity index (χ3v) is 5.88. The van der Waals surface area contributed by atoms with Gasteiger partial charge in [0.15, 0.2) is 12.4 Å². The summed E-state index contributed by atoms with van der Waals surface area (Å²) in [6.07, 6.45) is 3.48. The zero-order chi connectivity index (χ0) is 24.9. The molecule has 1 amide bonds. The molecule has 0 saturated carbocycles. The number of nitrogens with one attached hydrogen (secondary N) is 4. The van der Waals surface area contributed by atoms with Crippen LogP contribution in [0.25, 0.3) is 22.3 Å². The molecule has 0 spiro atoms. The minimum absolute atomic E-state index is 0.0539. The van der Waals surface area contributed by atoms with E-state index in [4.69, 9.17) is 14.7 Å². The Kier molecular flexibility index (Phi) is 7.01. The number of carbonyl (C=O) groups excluding carboxylic acids is 1. The van der Waals surface area contributed by atoms with Gasteiger partial charge >= 0.3 is 0 Å². The van der Waals surface area contributed by atoms with E-state index in [2.05, 4.69) is 50.7 Å². The van der Waals surface area contributed by atoms with Crippen LogP contribution in [-0.2, 0) is 4.79 Å². The van der Waals surface area contributed by atoms with Gasteiger partial charge in [-0.1, -0.05) is 24.3 Å². The molecule has 3 heterocycles. The van der Waals surface area contributed by atoms with E-state index in [1.807, 2.05) is 44.2 Å². The van der Waals surface area contributed by atoms with E-state index in [-0.39, 0.29) is 18.6 Å². The molecule has 0 aliphatic carbocycles. The summed E-state index contributed by atoms with van der Waals surface area (Å²) in [5, 5.41) is 7.09. The normalized spacial score (nSPS) is 13.8. The first-order chi connectivity index (χ1) is 17.5. The molecule has 0 atom stereocenters. The summed E-state index contributed by atoms with van der Waals surface area (Å²) in [4.78, 5) is 25.8. The molecule has 1 saturated heterocycles. The lowest BCUT2D eigenvalue weighted by Crippen LogP contribution is -2.34. The van der Waals surface area contributed by atoms with Gasteiger partial charge in [0.25, 0.3) is 5.91 Å². The fraction of sp³-hybridized carbons (Fsp3) is 0.259. The standard InChI is InChI=1S/C27H29N7O2/c1-17(2)31-25(35)16-36-22-5-3-4-19(12-22)26-33-24-10-11-28-15-23(24)27(34-26)32-21-8-6-18(7-9-21)20-13-29-30-14-20/h3-12,15,17,20,29-30H,13-14,16H2,1-2H3,(H,31,35)(H,32,33,34). The van der Waals surface area contributed by atoms with Crippen molar-refractivity contribution in [3.8, 4) is 17.1 Å². The van der Waals surface area contributed by atoms with Crippen LogP contribution in [-0.4, -0.2) is 46.6 Å². The highest BCUT2D eigenvalue weighted by atomic mass is 16.5. The van der Waals surface area contributed by atoms with Crippen LogP contribution in [0.5, 0.6) is 5.75 Å². The second-order valence-corrected chi connectivity index (χ2v) is 9.03. The lowest BCUT2D eigenvalue weighted by atomic mass is 10.0. The number of carbonyl (C=O) groups is 1. The maximum atomic E-state index is 12.0. The van der Waals surface area contributed by atoms with E-state index in [9.17, 15) is 4.79 Å². The second-order valence-electron chi connectivity index (χ2n) is 9.03. The number of fused-ring (bicyclic) bond motifs is 1. The van der Waals surface area contributed by atoms with Gasteiger partial charge in [-0.15, -0.1) is 0 Å². The molecule has 1 aliphatic heterocycles. The van der Waals surface area contributed by atoms with Crippen LogP contribution in [0.15, 0.2) is 67.0 Å². The Balaban J connectivity index is 1.40. The lowest BCUT2D eigenvalue weighted by Gasteiger charge is -2.13. The van der Waals surface area contributed by atoms with Crippen molar-refractivity contribution in [3.63, 3.8) is 0 Å². The van der Waals surface area contributed by atoms with Crippen LogP contribution >= 0.6 is 0 Å². The van der Waals surface area contributed by atoms with Gasteiger partial charge in [-0.25, -0.2) is 9.97 Å². The van der Waals surface area contributed by atoms with Crippen molar-refractivity contribution in [1.29, 1.82) is 0 Å². The van der Waals surface area contributed by atoms with Gasteiger partial charge in [0.2, 0.25) is 0 Å². The molecular weight excluding hydrogens is 454 g/mol. The van der Waals surface area contributed by atoms with E-state index in [1.54, 1.807) is 12.4 Å². The summed E-state index contributed by atoms with van der Waals surface area (Å²) in [7, 11) is 0. The van der Waals surface area contributed by atoms with Gasteiger partial charge in [-0.2, -0.15) is 0 Å². The van der Waals surface area contributed by atoms with Crippen LogP contribution in [0.3, 0.4) is 0 Å². The summed E-state index contributed by atoms with van der Waals surface area (Å²) in [5.41, 5.74) is 10.1. The minimum Gasteiger partial charge on any atom is -0.484 e. The Morgan fingerprint density at radius 1 is 1.08 bits per heavy atom. The van der Waals surface area contributed by atoms with E-state index < -0.39 is 0 Å². The number of benzene rings is 2. The smallest absolute Gasteiger partial charge is 0.258 e. The number of pyridine rings is 1. The molecule has 0 unspecified atom stereocenters. The largest absolute Gasteiger partial charge is 0.484 e. The molecule has 4 N–H and O–H groups in total. The van der Waals surface area contributed by atoms with Crippen LogP contribution in [0, 0.1) is 0 Å². The number of amides is 1. The molecule has 184 valence electrons. The lowest BCUT2D eigenvalue weighted by molar-refractivity contribution is -0.123.